The lowest BCUT2D eigenvalue weighted by atomic mass is 10.1. The largest absolute Gasteiger partial charge is 0.506 e. The summed E-state index contributed by atoms with van der Waals surface area (Å²) in [4.78, 5) is 11.8. The van der Waals surface area contributed by atoms with Gasteiger partial charge in [0.15, 0.2) is 0 Å². The molecule has 0 saturated heterocycles. The van der Waals surface area contributed by atoms with E-state index in [0.29, 0.717) is 18.1 Å². The monoisotopic (exact) mass is 328 g/mol. The van der Waals surface area contributed by atoms with Gasteiger partial charge in [-0.3, -0.25) is 0 Å². The van der Waals surface area contributed by atoms with Gasteiger partial charge in [0.1, 0.15) is 11.4 Å². The molecule has 124 valence electrons. The van der Waals surface area contributed by atoms with Gasteiger partial charge in [-0.25, -0.2) is 4.79 Å². The molecule has 0 atom stereocenters. The second-order valence-corrected chi connectivity index (χ2v) is 7.31. The van der Waals surface area contributed by atoms with Crippen LogP contribution in [0.2, 0.25) is 5.02 Å². The molecule has 0 aliphatic rings. The fraction of sp³-hybridized carbons (Fsp3) is 0.562. The summed E-state index contributed by atoms with van der Waals surface area (Å²) in [5.41, 5.74) is -0.0183. The normalized spacial score (nSPS) is 12.1. The van der Waals surface area contributed by atoms with Crippen molar-refractivity contribution in [2.24, 2.45) is 0 Å². The maximum atomic E-state index is 11.8. The smallest absolute Gasteiger partial charge is 0.408 e. The molecule has 0 aromatic heterocycles. The molecule has 1 amide bonds. The molecule has 5 nitrogen and oxygen atoms in total. The summed E-state index contributed by atoms with van der Waals surface area (Å²) in [7, 11) is 0. The molecule has 6 heteroatoms. The number of halogens is 1. The standard InChI is InChI=1S/C16H25ClN2O3/c1-15(2,3)22-14(21)19-16(4,5)10-18-9-11-6-7-13(20)12(17)8-11/h6-8,18,20H,9-10H2,1-5H3,(H,19,21). The molecule has 1 aromatic carbocycles. The zero-order chi connectivity index (χ0) is 17.0. The van der Waals surface area contributed by atoms with Crippen molar-refractivity contribution in [3.05, 3.63) is 28.8 Å². The van der Waals surface area contributed by atoms with Gasteiger partial charge >= 0.3 is 6.09 Å². The van der Waals surface area contributed by atoms with Crippen LogP contribution in [-0.4, -0.2) is 28.9 Å². The van der Waals surface area contributed by atoms with Crippen molar-refractivity contribution in [3.63, 3.8) is 0 Å². The number of amides is 1. The number of nitrogens with one attached hydrogen (secondary N) is 2. The Morgan fingerprint density at radius 1 is 1.27 bits per heavy atom. The zero-order valence-corrected chi connectivity index (χ0v) is 14.5. The fourth-order valence-corrected chi connectivity index (χ4v) is 2.01. The van der Waals surface area contributed by atoms with E-state index in [1.54, 1.807) is 18.2 Å². The van der Waals surface area contributed by atoms with Crippen LogP contribution < -0.4 is 10.6 Å². The number of hydrogen-bond acceptors (Lipinski definition) is 4. The first kappa shape index (κ1) is 18.6. The maximum Gasteiger partial charge on any atom is 0.408 e. The lowest BCUT2D eigenvalue weighted by Crippen LogP contribution is -2.51. The number of phenolic OH excluding ortho intramolecular Hbond substituents is 1. The van der Waals surface area contributed by atoms with Gasteiger partial charge in [-0.15, -0.1) is 0 Å². The van der Waals surface area contributed by atoms with Gasteiger partial charge in [-0.05, 0) is 52.3 Å². The SMILES string of the molecule is CC(C)(CNCc1ccc(O)c(Cl)c1)NC(=O)OC(C)(C)C. The molecular weight excluding hydrogens is 304 g/mol. The van der Waals surface area contributed by atoms with Crippen molar-refractivity contribution >= 4 is 17.7 Å². The van der Waals surface area contributed by atoms with Crippen molar-refractivity contribution in [1.29, 1.82) is 0 Å². The first-order chi connectivity index (χ1) is 9.98. The number of aromatic hydroxyl groups is 1. The number of rotatable bonds is 5. The van der Waals surface area contributed by atoms with E-state index >= 15 is 0 Å². The van der Waals surface area contributed by atoms with E-state index in [1.165, 1.54) is 0 Å². The van der Waals surface area contributed by atoms with E-state index in [-0.39, 0.29) is 5.75 Å². The average molecular weight is 329 g/mol. The van der Waals surface area contributed by atoms with E-state index in [4.69, 9.17) is 16.3 Å². The Bertz CT molecular complexity index is 525. The van der Waals surface area contributed by atoms with E-state index in [9.17, 15) is 9.90 Å². The zero-order valence-electron chi connectivity index (χ0n) is 13.8. The maximum absolute atomic E-state index is 11.8. The average Bonchev–Trinajstić information content (AvgIpc) is 2.30. The van der Waals surface area contributed by atoms with Gasteiger partial charge in [0.2, 0.25) is 0 Å². The van der Waals surface area contributed by atoms with Gasteiger partial charge in [-0.2, -0.15) is 0 Å². The van der Waals surface area contributed by atoms with Gasteiger partial charge in [-0.1, -0.05) is 17.7 Å². The molecule has 0 spiro atoms. The van der Waals surface area contributed by atoms with Crippen LogP contribution in [-0.2, 0) is 11.3 Å². The Morgan fingerprint density at radius 3 is 2.45 bits per heavy atom. The Hall–Kier alpha value is -1.46. The Morgan fingerprint density at radius 2 is 1.91 bits per heavy atom. The second-order valence-electron chi connectivity index (χ2n) is 6.90. The third kappa shape index (κ3) is 7.00. The molecule has 1 aromatic rings. The van der Waals surface area contributed by atoms with Crippen LogP contribution >= 0.6 is 11.6 Å². The van der Waals surface area contributed by atoms with Gasteiger partial charge in [0.05, 0.1) is 10.6 Å². The number of ether oxygens (including phenoxy) is 1. The fourth-order valence-electron chi connectivity index (χ4n) is 1.80. The lowest BCUT2D eigenvalue weighted by molar-refractivity contribution is 0.0472. The highest BCUT2D eigenvalue weighted by atomic mass is 35.5. The third-order valence-electron chi connectivity index (χ3n) is 2.75. The van der Waals surface area contributed by atoms with Gasteiger partial charge in [0, 0.05) is 13.1 Å². The Labute approximate surface area is 137 Å². The summed E-state index contributed by atoms with van der Waals surface area (Å²) in [6.45, 7) is 10.4. The van der Waals surface area contributed by atoms with Crippen LogP contribution in [0.1, 0.15) is 40.2 Å². The van der Waals surface area contributed by atoms with Crippen molar-refractivity contribution in [2.45, 2.75) is 52.3 Å². The minimum absolute atomic E-state index is 0.0670. The van der Waals surface area contributed by atoms with Crippen LogP contribution in [0.4, 0.5) is 4.79 Å². The van der Waals surface area contributed by atoms with Crippen molar-refractivity contribution in [2.75, 3.05) is 6.54 Å². The number of alkyl carbamates (subject to hydrolysis) is 1. The molecule has 0 aliphatic carbocycles. The predicted molar refractivity (Wildman–Crippen MR) is 88.3 cm³/mol. The van der Waals surface area contributed by atoms with Crippen LogP contribution in [0.25, 0.3) is 0 Å². The topological polar surface area (TPSA) is 70.6 Å². The van der Waals surface area contributed by atoms with Crippen LogP contribution in [0.5, 0.6) is 5.75 Å². The summed E-state index contributed by atoms with van der Waals surface area (Å²) in [5, 5.41) is 15.8. The van der Waals surface area contributed by atoms with Crippen molar-refractivity contribution in [1.82, 2.24) is 10.6 Å². The quantitative estimate of drug-likeness (QED) is 0.774. The molecule has 0 fully saturated rings. The molecule has 0 radical (unpaired) electrons. The van der Waals surface area contributed by atoms with Crippen LogP contribution in [0.15, 0.2) is 18.2 Å². The number of carbonyl (C=O) groups is 1. The molecule has 0 aliphatic heterocycles. The highest BCUT2D eigenvalue weighted by Crippen LogP contribution is 2.23. The summed E-state index contributed by atoms with van der Waals surface area (Å²) in [5.74, 6) is 0.0670. The highest BCUT2D eigenvalue weighted by molar-refractivity contribution is 6.32. The van der Waals surface area contributed by atoms with Gasteiger partial charge < -0.3 is 20.5 Å². The summed E-state index contributed by atoms with van der Waals surface area (Å²) in [6.07, 6.45) is -0.438. The lowest BCUT2D eigenvalue weighted by Gasteiger charge is -2.29. The molecule has 22 heavy (non-hydrogen) atoms. The molecule has 0 heterocycles. The summed E-state index contributed by atoms with van der Waals surface area (Å²) < 4.78 is 5.24. The van der Waals surface area contributed by atoms with E-state index in [2.05, 4.69) is 10.6 Å². The number of hydrogen-bond donors (Lipinski definition) is 3. The van der Waals surface area contributed by atoms with E-state index in [1.807, 2.05) is 34.6 Å². The number of benzene rings is 1. The first-order valence-corrected chi connectivity index (χ1v) is 7.56. The van der Waals surface area contributed by atoms with E-state index in [0.717, 1.165) is 5.56 Å². The Kier molecular flexibility index (Phi) is 6.08. The van der Waals surface area contributed by atoms with E-state index < -0.39 is 17.2 Å². The molecule has 0 saturated carbocycles. The predicted octanol–water partition coefficient (Wildman–Crippen LogP) is 3.44. The van der Waals surface area contributed by atoms with Crippen LogP contribution in [0, 0.1) is 0 Å². The molecule has 0 bridgehead atoms. The first-order valence-electron chi connectivity index (χ1n) is 7.18. The highest BCUT2D eigenvalue weighted by Gasteiger charge is 2.24. The molecular formula is C16H25ClN2O3. The number of phenols is 1. The van der Waals surface area contributed by atoms with Crippen molar-refractivity contribution in [3.8, 4) is 5.75 Å². The second kappa shape index (κ2) is 7.20. The minimum atomic E-state index is -0.517. The Balaban J connectivity index is 2.45. The number of carbonyl (C=O) groups excluding carboxylic acids is 1. The summed E-state index contributed by atoms with van der Waals surface area (Å²) in [6, 6.07) is 5.06. The van der Waals surface area contributed by atoms with Crippen molar-refractivity contribution < 1.29 is 14.6 Å². The van der Waals surface area contributed by atoms with Gasteiger partial charge in [0.25, 0.3) is 0 Å². The van der Waals surface area contributed by atoms with Crippen LogP contribution in [0.3, 0.4) is 0 Å². The summed E-state index contributed by atoms with van der Waals surface area (Å²) >= 11 is 5.86. The third-order valence-corrected chi connectivity index (χ3v) is 3.05. The molecule has 0 unspecified atom stereocenters. The molecule has 3 N–H and O–H groups in total. The minimum Gasteiger partial charge on any atom is -0.506 e. The molecule has 1 rings (SSSR count).